The van der Waals surface area contributed by atoms with Crippen LogP contribution in [-0.4, -0.2) is 35.2 Å². The van der Waals surface area contributed by atoms with Crippen molar-refractivity contribution in [1.82, 2.24) is 10.2 Å². The third-order valence-electron chi connectivity index (χ3n) is 2.92. The Balaban J connectivity index is 2.30. The SMILES string of the molecule is CC1C(=O)NC(=O)CN1C(=O)c1cccc(C#N)c1. The summed E-state index contributed by atoms with van der Waals surface area (Å²) in [5.41, 5.74) is 0.639. The number of rotatable bonds is 1. The van der Waals surface area contributed by atoms with Crippen molar-refractivity contribution in [1.29, 1.82) is 5.26 Å². The zero-order valence-corrected chi connectivity index (χ0v) is 10.2. The standard InChI is InChI=1S/C13H11N3O3/c1-8-12(18)15-11(17)7-16(8)13(19)10-4-2-3-9(5-10)6-14/h2-5,8H,7H2,1H3,(H,15,17,18). The van der Waals surface area contributed by atoms with Crippen molar-refractivity contribution in [2.75, 3.05) is 6.54 Å². The number of hydrogen-bond acceptors (Lipinski definition) is 4. The summed E-state index contributed by atoms with van der Waals surface area (Å²) in [5, 5.41) is 11.0. The number of nitrogens with zero attached hydrogens (tertiary/aromatic N) is 2. The fourth-order valence-electron chi connectivity index (χ4n) is 1.85. The molecule has 0 aromatic heterocycles. The molecule has 19 heavy (non-hydrogen) atoms. The molecule has 0 aliphatic carbocycles. The van der Waals surface area contributed by atoms with Gasteiger partial charge in [0, 0.05) is 5.56 Å². The molecule has 1 aliphatic rings. The molecule has 0 bridgehead atoms. The van der Waals surface area contributed by atoms with Crippen LogP contribution >= 0.6 is 0 Å². The monoisotopic (exact) mass is 257 g/mol. The Morgan fingerprint density at radius 2 is 2.21 bits per heavy atom. The van der Waals surface area contributed by atoms with Gasteiger partial charge in [-0.15, -0.1) is 0 Å². The second kappa shape index (κ2) is 4.90. The van der Waals surface area contributed by atoms with Gasteiger partial charge in [-0.2, -0.15) is 5.26 Å². The van der Waals surface area contributed by atoms with Gasteiger partial charge in [-0.1, -0.05) is 6.07 Å². The number of nitrogens with one attached hydrogen (secondary N) is 1. The summed E-state index contributed by atoms with van der Waals surface area (Å²) in [6, 6.07) is 7.37. The van der Waals surface area contributed by atoms with Crippen LogP contribution in [0.2, 0.25) is 0 Å². The number of imide groups is 1. The van der Waals surface area contributed by atoms with Crippen molar-refractivity contribution in [3.63, 3.8) is 0 Å². The third kappa shape index (κ3) is 2.45. The number of carbonyl (C=O) groups is 3. The number of benzene rings is 1. The van der Waals surface area contributed by atoms with Gasteiger partial charge in [-0.3, -0.25) is 19.7 Å². The Bertz CT molecular complexity index is 603. The van der Waals surface area contributed by atoms with Crippen LogP contribution in [0.4, 0.5) is 0 Å². The third-order valence-corrected chi connectivity index (χ3v) is 2.92. The zero-order chi connectivity index (χ0) is 14.0. The molecule has 0 spiro atoms. The molecule has 0 saturated carbocycles. The van der Waals surface area contributed by atoms with Crippen molar-refractivity contribution < 1.29 is 14.4 Å². The first-order chi connectivity index (χ1) is 9.02. The molecule has 3 amide bonds. The normalized spacial score (nSPS) is 18.7. The highest BCUT2D eigenvalue weighted by molar-refractivity contribution is 6.07. The van der Waals surface area contributed by atoms with Crippen molar-refractivity contribution in [2.45, 2.75) is 13.0 Å². The summed E-state index contributed by atoms with van der Waals surface area (Å²) in [6.07, 6.45) is 0. The summed E-state index contributed by atoms with van der Waals surface area (Å²) in [6.45, 7) is 1.39. The van der Waals surface area contributed by atoms with E-state index in [4.69, 9.17) is 5.26 Å². The molecule has 1 fully saturated rings. The fourth-order valence-corrected chi connectivity index (χ4v) is 1.85. The van der Waals surface area contributed by atoms with Crippen LogP contribution in [0.1, 0.15) is 22.8 Å². The first kappa shape index (κ1) is 12.8. The van der Waals surface area contributed by atoms with E-state index in [2.05, 4.69) is 5.32 Å². The molecule has 1 atom stereocenters. The Hall–Kier alpha value is -2.68. The summed E-state index contributed by atoms with van der Waals surface area (Å²) < 4.78 is 0. The van der Waals surface area contributed by atoms with Crippen LogP contribution in [0.5, 0.6) is 0 Å². The second-order valence-corrected chi connectivity index (χ2v) is 4.21. The van der Waals surface area contributed by atoms with E-state index in [9.17, 15) is 14.4 Å². The lowest BCUT2D eigenvalue weighted by Crippen LogP contribution is -2.58. The van der Waals surface area contributed by atoms with Crippen molar-refractivity contribution >= 4 is 17.7 Å². The smallest absolute Gasteiger partial charge is 0.255 e. The van der Waals surface area contributed by atoms with Gasteiger partial charge in [0.05, 0.1) is 11.6 Å². The van der Waals surface area contributed by atoms with Gasteiger partial charge < -0.3 is 4.90 Å². The van der Waals surface area contributed by atoms with Gasteiger partial charge in [-0.25, -0.2) is 0 Å². The molecular formula is C13H11N3O3. The lowest BCUT2D eigenvalue weighted by Gasteiger charge is -2.31. The van der Waals surface area contributed by atoms with E-state index in [0.717, 1.165) is 0 Å². The van der Waals surface area contributed by atoms with Crippen LogP contribution in [-0.2, 0) is 9.59 Å². The fraction of sp³-hybridized carbons (Fsp3) is 0.231. The minimum atomic E-state index is -0.712. The number of hydrogen-bond donors (Lipinski definition) is 1. The van der Waals surface area contributed by atoms with Gasteiger partial charge in [0.1, 0.15) is 12.6 Å². The van der Waals surface area contributed by atoms with Gasteiger partial charge in [0.15, 0.2) is 0 Å². The van der Waals surface area contributed by atoms with E-state index in [1.165, 1.54) is 11.0 Å². The number of piperazine rings is 1. The molecule has 1 heterocycles. The summed E-state index contributed by atoms with van der Waals surface area (Å²) >= 11 is 0. The highest BCUT2D eigenvalue weighted by atomic mass is 16.2. The number of carbonyl (C=O) groups excluding carboxylic acids is 3. The van der Waals surface area contributed by atoms with Crippen molar-refractivity contribution in [3.05, 3.63) is 35.4 Å². The maximum absolute atomic E-state index is 12.3. The molecule has 1 aromatic rings. The summed E-state index contributed by atoms with van der Waals surface area (Å²) in [5.74, 6) is -1.44. The van der Waals surface area contributed by atoms with Crippen LogP contribution < -0.4 is 5.32 Å². The van der Waals surface area contributed by atoms with Gasteiger partial charge >= 0.3 is 0 Å². The largest absolute Gasteiger partial charge is 0.318 e. The first-order valence-electron chi connectivity index (χ1n) is 5.67. The van der Waals surface area contributed by atoms with E-state index < -0.39 is 23.8 Å². The maximum Gasteiger partial charge on any atom is 0.255 e. The molecular weight excluding hydrogens is 246 g/mol. The second-order valence-electron chi connectivity index (χ2n) is 4.21. The van der Waals surface area contributed by atoms with Crippen LogP contribution in [0.3, 0.4) is 0 Å². The molecule has 1 N–H and O–H groups in total. The molecule has 1 aromatic carbocycles. The van der Waals surface area contributed by atoms with E-state index in [-0.39, 0.29) is 12.1 Å². The average Bonchev–Trinajstić information content (AvgIpc) is 2.42. The summed E-state index contributed by atoms with van der Waals surface area (Å²) in [7, 11) is 0. The van der Waals surface area contributed by atoms with Crippen LogP contribution in [0.15, 0.2) is 24.3 Å². The Morgan fingerprint density at radius 1 is 1.47 bits per heavy atom. The van der Waals surface area contributed by atoms with Gasteiger partial charge in [0.2, 0.25) is 11.8 Å². The molecule has 1 aliphatic heterocycles. The molecule has 0 radical (unpaired) electrons. The highest BCUT2D eigenvalue weighted by Gasteiger charge is 2.33. The van der Waals surface area contributed by atoms with Gasteiger partial charge in [0.25, 0.3) is 5.91 Å². The predicted octanol–water partition coefficient (Wildman–Crippen LogP) is 0.0454. The van der Waals surface area contributed by atoms with E-state index in [1.807, 2.05) is 6.07 Å². The number of amides is 3. The molecule has 96 valence electrons. The maximum atomic E-state index is 12.3. The Labute approximate surface area is 109 Å². The molecule has 6 nitrogen and oxygen atoms in total. The minimum absolute atomic E-state index is 0.164. The molecule has 1 saturated heterocycles. The zero-order valence-electron chi connectivity index (χ0n) is 10.2. The first-order valence-corrected chi connectivity index (χ1v) is 5.67. The lowest BCUT2D eigenvalue weighted by atomic mass is 10.1. The lowest BCUT2D eigenvalue weighted by molar-refractivity contribution is -0.138. The summed E-state index contributed by atoms with van der Waals surface area (Å²) in [4.78, 5) is 36.3. The predicted molar refractivity (Wildman–Crippen MR) is 64.8 cm³/mol. The van der Waals surface area contributed by atoms with E-state index in [0.29, 0.717) is 5.56 Å². The van der Waals surface area contributed by atoms with Crippen molar-refractivity contribution in [2.24, 2.45) is 0 Å². The Kier molecular flexibility index (Phi) is 3.29. The van der Waals surface area contributed by atoms with E-state index >= 15 is 0 Å². The Morgan fingerprint density at radius 3 is 2.89 bits per heavy atom. The van der Waals surface area contributed by atoms with E-state index in [1.54, 1.807) is 25.1 Å². The number of nitriles is 1. The molecule has 1 unspecified atom stereocenters. The highest BCUT2D eigenvalue weighted by Crippen LogP contribution is 2.12. The van der Waals surface area contributed by atoms with Gasteiger partial charge in [-0.05, 0) is 25.1 Å². The molecule has 2 rings (SSSR count). The van der Waals surface area contributed by atoms with Crippen molar-refractivity contribution in [3.8, 4) is 6.07 Å². The van der Waals surface area contributed by atoms with Crippen LogP contribution in [0.25, 0.3) is 0 Å². The quantitative estimate of drug-likeness (QED) is 0.719. The van der Waals surface area contributed by atoms with Crippen LogP contribution in [0, 0.1) is 11.3 Å². The minimum Gasteiger partial charge on any atom is -0.318 e. The average molecular weight is 257 g/mol. The topological polar surface area (TPSA) is 90.3 Å². The molecule has 6 heteroatoms.